The SMILES string of the molecule is CCNCC1CCC(CC)CC1c1c(Br)cnn1C(C)C. The van der Waals surface area contributed by atoms with Crippen LogP contribution in [0.5, 0.6) is 0 Å². The third kappa shape index (κ3) is 3.89. The first-order valence-electron chi connectivity index (χ1n) is 8.52. The molecule has 21 heavy (non-hydrogen) atoms. The number of aromatic nitrogens is 2. The van der Waals surface area contributed by atoms with Gasteiger partial charge >= 0.3 is 0 Å². The molecular formula is C17H30BrN3. The highest BCUT2D eigenvalue weighted by atomic mass is 79.9. The zero-order valence-corrected chi connectivity index (χ0v) is 15.5. The van der Waals surface area contributed by atoms with Crippen molar-refractivity contribution in [3.8, 4) is 0 Å². The first-order chi connectivity index (χ1) is 10.1. The van der Waals surface area contributed by atoms with Gasteiger partial charge in [-0.05, 0) is 67.5 Å². The van der Waals surface area contributed by atoms with Crippen LogP contribution in [0.25, 0.3) is 0 Å². The van der Waals surface area contributed by atoms with Gasteiger partial charge in [-0.3, -0.25) is 4.68 Å². The number of rotatable bonds is 6. The Bertz CT molecular complexity index is 441. The quantitative estimate of drug-likeness (QED) is 0.797. The van der Waals surface area contributed by atoms with Crippen molar-refractivity contribution in [1.82, 2.24) is 15.1 Å². The lowest BCUT2D eigenvalue weighted by Gasteiger charge is -2.37. The van der Waals surface area contributed by atoms with E-state index in [0.717, 1.165) is 24.9 Å². The van der Waals surface area contributed by atoms with Crippen molar-refractivity contribution in [1.29, 1.82) is 0 Å². The molecule has 0 spiro atoms. The Hall–Kier alpha value is -0.350. The molecule has 1 aliphatic carbocycles. The lowest BCUT2D eigenvalue weighted by molar-refractivity contribution is 0.216. The van der Waals surface area contributed by atoms with E-state index in [2.05, 4.69) is 58.7 Å². The van der Waals surface area contributed by atoms with E-state index in [1.165, 1.54) is 35.8 Å². The van der Waals surface area contributed by atoms with E-state index in [9.17, 15) is 0 Å². The Labute approximate surface area is 138 Å². The minimum Gasteiger partial charge on any atom is -0.317 e. The highest BCUT2D eigenvalue weighted by Gasteiger charge is 2.34. The molecule has 1 saturated carbocycles. The lowest BCUT2D eigenvalue weighted by Crippen LogP contribution is -2.33. The van der Waals surface area contributed by atoms with Gasteiger partial charge in [-0.1, -0.05) is 26.7 Å². The van der Waals surface area contributed by atoms with Crippen molar-refractivity contribution < 1.29 is 0 Å². The molecule has 0 amide bonds. The van der Waals surface area contributed by atoms with Gasteiger partial charge in [0.25, 0.3) is 0 Å². The highest BCUT2D eigenvalue weighted by Crippen LogP contribution is 2.44. The summed E-state index contributed by atoms with van der Waals surface area (Å²) in [6.45, 7) is 11.2. The van der Waals surface area contributed by atoms with Crippen molar-refractivity contribution in [3.63, 3.8) is 0 Å². The minimum absolute atomic E-state index is 0.424. The first-order valence-corrected chi connectivity index (χ1v) is 9.31. The molecule has 0 radical (unpaired) electrons. The lowest BCUT2D eigenvalue weighted by atomic mass is 9.71. The molecule has 1 N–H and O–H groups in total. The molecule has 1 heterocycles. The maximum absolute atomic E-state index is 4.61. The topological polar surface area (TPSA) is 29.9 Å². The predicted molar refractivity (Wildman–Crippen MR) is 92.7 cm³/mol. The van der Waals surface area contributed by atoms with Crippen molar-refractivity contribution in [3.05, 3.63) is 16.4 Å². The molecule has 3 nitrogen and oxygen atoms in total. The molecule has 1 aromatic rings. The van der Waals surface area contributed by atoms with E-state index >= 15 is 0 Å². The maximum atomic E-state index is 4.61. The fourth-order valence-corrected chi connectivity index (χ4v) is 4.28. The van der Waals surface area contributed by atoms with Gasteiger partial charge in [0.05, 0.1) is 16.4 Å². The number of hydrogen-bond donors (Lipinski definition) is 1. The van der Waals surface area contributed by atoms with E-state index in [4.69, 9.17) is 0 Å². The standard InChI is InChI=1S/C17H30BrN3/c1-5-13-7-8-14(10-19-6-2)15(9-13)17-16(18)11-20-21(17)12(3)4/h11-15,19H,5-10H2,1-4H3. The summed E-state index contributed by atoms with van der Waals surface area (Å²) in [5.41, 5.74) is 1.42. The van der Waals surface area contributed by atoms with Crippen LogP contribution in [0.15, 0.2) is 10.7 Å². The van der Waals surface area contributed by atoms with Crippen molar-refractivity contribution in [2.75, 3.05) is 13.1 Å². The second-order valence-corrected chi connectivity index (χ2v) is 7.53. The zero-order chi connectivity index (χ0) is 15.4. The number of hydrogen-bond acceptors (Lipinski definition) is 2. The van der Waals surface area contributed by atoms with Gasteiger partial charge in [-0.2, -0.15) is 5.10 Å². The second-order valence-electron chi connectivity index (χ2n) is 6.68. The third-order valence-electron chi connectivity index (χ3n) is 4.96. The maximum Gasteiger partial charge on any atom is 0.0635 e. The minimum atomic E-state index is 0.424. The van der Waals surface area contributed by atoms with Gasteiger partial charge in [0.1, 0.15) is 0 Å². The second kappa shape index (κ2) is 7.77. The summed E-state index contributed by atoms with van der Waals surface area (Å²) in [6.07, 6.45) is 7.32. The van der Waals surface area contributed by atoms with Gasteiger partial charge in [-0.25, -0.2) is 0 Å². The third-order valence-corrected chi connectivity index (χ3v) is 5.57. The molecular weight excluding hydrogens is 326 g/mol. The number of nitrogens with one attached hydrogen (secondary N) is 1. The molecule has 1 fully saturated rings. The van der Waals surface area contributed by atoms with Crippen LogP contribution in [-0.4, -0.2) is 22.9 Å². The van der Waals surface area contributed by atoms with Crippen LogP contribution < -0.4 is 5.32 Å². The van der Waals surface area contributed by atoms with Crippen LogP contribution in [0.1, 0.15) is 71.0 Å². The summed E-state index contributed by atoms with van der Waals surface area (Å²) >= 11 is 3.75. The van der Waals surface area contributed by atoms with E-state index in [1.807, 2.05) is 6.20 Å². The van der Waals surface area contributed by atoms with Gasteiger partial charge in [0.15, 0.2) is 0 Å². The fraction of sp³-hybridized carbons (Fsp3) is 0.824. The summed E-state index contributed by atoms with van der Waals surface area (Å²) < 4.78 is 3.42. The number of halogens is 1. The molecule has 2 rings (SSSR count). The predicted octanol–water partition coefficient (Wildman–Crippen LogP) is 4.75. The monoisotopic (exact) mass is 355 g/mol. The summed E-state index contributed by atoms with van der Waals surface area (Å²) in [6, 6.07) is 0.424. The molecule has 0 bridgehead atoms. The summed E-state index contributed by atoms with van der Waals surface area (Å²) in [7, 11) is 0. The molecule has 120 valence electrons. The summed E-state index contributed by atoms with van der Waals surface area (Å²) in [5, 5.41) is 8.17. The average molecular weight is 356 g/mol. The van der Waals surface area contributed by atoms with Crippen LogP contribution in [0.2, 0.25) is 0 Å². The van der Waals surface area contributed by atoms with Gasteiger partial charge in [0.2, 0.25) is 0 Å². The Morgan fingerprint density at radius 3 is 2.76 bits per heavy atom. The number of nitrogens with zero attached hydrogens (tertiary/aromatic N) is 2. The van der Waals surface area contributed by atoms with Crippen LogP contribution in [0.3, 0.4) is 0 Å². The van der Waals surface area contributed by atoms with Crippen molar-refractivity contribution in [2.24, 2.45) is 11.8 Å². The van der Waals surface area contributed by atoms with Crippen molar-refractivity contribution in [2.45, 2.75) is 65.3 Å². The van der Waals surface area contributed by atoms with E-state index in [-0.39, 0.29) is 0 Å². The smallest absolute Gasteiger partial charge is 0.0635 e. The van der Waals surface area contributed by atoms with Gasteiger partial charge in [-0.15, -0.1) is 0 Å². The Kier molecular flexibility index (Phi) is 6.30. The first kappa shape index (κ1) is 17.0. The summed E-state index contributed by atoms with van der Waals surface area (Å²) in [5.74, 6) is 2.23. The van der Waals surface area contributed by atoms with Gasteiger partial charge in [0, 0.05) is 12.0 Å². The molecule has 1 aliphatic rings. The Morgan fingerprint density at radius 1 is 1.38 bits per heavy atom. The molecule has 0 aliphatic heterocycles. The molecule has 4 heteroatoms. The molecule has 0 saturated heterocycles. The molecule has 0 aromatic carbocycles. The normalized spacial score (nSPS) is 26.5. The highest BCUT2D eigenvalue weighted by molar-refractivity contribution is 9.10. The Balaban J connectivity index is 2.28. The van der Waals surface area contributed by atoms with Crippen LogP contribution in [0.4, 0.5) is 0 Å². The van der Waals surface area contributed by atoms with Crippen LogP contribution in [0, 0.1) is 11.8 Å². The van der Waals surface area contributed by atoms with Crippen molar-refractivity contribution >= 4 is 15.9 Å². The molecule has 3 unspecified atom stereocenters. The summed E-state index contributed by atoms with van der Waals surface area (Å²) in [4.78, 5) is 0. The van der Waals surface area contributed by atoms with Crippen LogP contribution >= 0.6 is 15.9 Å². The van der Waals surface area contributed by atoms with E-state index in [1.54, 1.807) is 0 Å². The molecule has 3 atom stereocenters. The Morgan fingerprint density at radius 2 is 2.14 bits per heavy atom. The van der Waals surface area contributed by atoms with Gasteiger partial charge < -0.3 is 5.32 Å². The fourth-order valence-electron chi connectivity index (χ4n) is 3.71. The average Bonchev–Trinajstić information content (AvgIpc) is 2.86. The zero-order valence-electron chi connectivity index (χ0n) is 13.9. The largest absolute Gasteiger partial charge is 0.317 e. The van der Waals surface area contributed by atoms with Crippen LogP contribution in [-0.2, 0) is 0 Å². The van der Waals surface area contributed by atoms with E-state index in [0.29, 0.717) is 12.0 Å². The van der Waals surface area contributed by atoms with E-state index < -0.39 is 0 Å². The molecule has 1 aromatic heterocycles.